The first-order valence-electron chi connectivity index (χ1n) is 6.91. The van der Waals surface area contributed by atoms with Crippen molar-refractivity contribution in [2.24, 2.45) is 7.05 Å². The molecule has 0 bridgehead atoms. The van der Waals surface area contributed by atoms with E-state index in [1.807, 2.05) is 40.1 Å². The third-order valence-electron chi connectivity index (χ3n) is 3.71. The van der Waals surface area contributed by atoms with Crippen LogP contribution in [0.2, 0.25) is 0 Å². The van der Waals surface area contributed by atoms with Crippen molar-refractivity contribution in [2.45, 2.75) is 13.1 Å². The van der Waals surface area contributed by atoms with Crippen LogP contribution in [-0.2, 0) is 20.1 Å². The van der Waals surface area contributed by atoms with E-state index in [9.17, 15) is 0 Å². The average molecular weight is 280 g/mol. The molecule has 0 saturated heterocycles. The van der Waals surface area contributed by atoms with Gasteiger partial charge in [-0.25, -0.2) is 0 Å². The van der Waals surface area contributed by atoms with Gasteiger partial charge in [-0.15, -0.1) is 0 Å². The summed E-state index contributed by atoms with van der Waals surface area (Å²) in [6, 6.07) is 8.27. The quantitative estimate of drug-likeness (QED) is 0.572. The maximum atomic E-state index is 4.29. The Balaban J connectivity index is 1.77. The lowest BCUT2D eigenvalue weighted by Crippen LogP contribution is -2.07. The van der Waals surface area contributed by atoms with Gasteiger partial charge in [-0.1, -0.05) is 0 Å². The standard InChI is InChI=1S/C15H16N6/c1-18-9-4-15-13(11-19-7-2-5-16-19)10-14(21(15)18)12-20-8-3-6-17-20/h2-10H,11-12H2,1H3. The van der Waals surface area contributed by atoms with Crippen molar-refractivity contribution in [1.29, 1.82) is 0 Å². The molecule has 0 aliphatic carbocycles. The Morgan fingerprint density at radius 1 is 0.952 bits per heavy atom. The predicted molar refractivity (Wildman–Crippen MR) is 79.0 cm³/mol. The number of hydrogen-bond donors (Lipinski definition) is 0. The highest BCUT2D eigenvalue weighted by Crippen LogP contribution is 2.19. The van der Waals surface area contributed by atoms with Gasteiger partial charge in [0.05, 0.1) is 24.3 Å². The topological polar surface area (TPSA) is 45.0 Å². The lowest BCUT2D eigenvalue weighted by molar-refractivity contribution is 0.616. The molecule has 0 amide bonds. The fourth-order valence-corrected chi connectivity index (χ4v) is 2.79. The van der Waals surface area contributed by atoms with Crippen molar-refractivity contribution >= 4 is 5.52 Å². The summed E-state index contributed by atoms with van der Waals surface area (Å²) in [4.78, 5) is 0. The molecule has 0 N–H and O–H groups in total. The van der Waals surface area contributed by atoms with Crippen LogP contribution in [0.4, 0.5) is 0 Å². The lowest BCUT2D eigenvalue weighted by Gasteiger charge is -2.04. The highest BCUT2D eigenvalue weighted by Gasteiger charge is 2.12. The van der Waals surface area contributed by atoms with Gasteiger partial charge in [-0.05, 0) is 24.3 Å². The van der Waals surface area contributed by atoms with Gasteiger partial charge in [-0.3, -0.25) is 18.6 Å². The molecule has 6 heteroatoms. The summed E-state index contributed by atoms with van der Waals surface area (Å²) in [5.74, 6) is 0. The van der Waals surface area contributed by atoms with Gasteiger partial charge in [0.2, 0.25) is 0 Å². The zero-order chi connectivity index (χ0) is 14.2. The lowest BCUT2D eigenvalue weighted by atomic mass is 10.2. The fourth-order valence-electron chi connectivity index (χ4n) is 2.79. The summed E-state index contributed by atoms with van der Waals surface area (Å²) in [5, 5.41) is 8.59. The monoisotopic (exact) mass is 280 g/mol. The van der Waals surface area contributed by atoms with Gasteiger partial charge in [0, 0.05) is 43.6 Å². The van der Waals surface area contributed by atoms with E-state index >= 15 is 0 Å². The van der Waals surface area contributed by atoms with E-state index in [-0.39, 0.29) is 0 Å². The highest BCUT2D eigenvalue weighted by molar-refractivity contribution is 5.57. The largest absolute Gasteiger partial charge is 0.291 e. The smallest absolute Gasteiger partial charge is 0.0831 e. The van der Waals surface area contributed by atoms with Gasteiger partial charge in [0.15, 0.2) is 0 Å². The zero-order valence-corrected chi connectivity index (χ0v) is 11.8. The normalized spacial score (nSPS) is 11.5. The number of aromatic nitrogens is 6. The van der Waals surface area contributed by atoms with Gasteiger partial charge < -0.3 is 0 Å². The van der Waals surface area contributed by atoms with Crippen LogP contribution in [0.5, 0.6) is 0 Å². The number of rotatable bonds is 4. The Hall–Kier alpha value is -2.76. The molecule has 106 valence electrons. The van der Waals surface area contributed by atoms with Crippen LogP contribution in [0.15, 0.2) is 55.2 Å². The molecule has 0 aliphatic heterocycles. The van der Waals surface area contributed by atoms with Crippen molar-refractivity contribution in [3.05, 3.63) is 66.5 Å². The van der Waals surface area contributed by atoms with Crippen LogP contribution >= 0.6 is 0 Å². The van der Waals surface area contributed by atoms with E-state index in [1.54, 1.807) is 6.20 Å². The molecule has 0 saturated carbocycles. The van der Waals surface area contributed by atoms with Crippen molar-refractivity contribution in [3.8, 4) is 0 Å². The number of fused-ring (bicyclic) bond motifs is 1. The molecule has 0 aromatic carbocycles. The van der Waals surface area contributed by atoms with E-state index in [0.29, 0.717) is 0 Å². The van der Waals surface area contributed by atoms with Crippen molar-refractivity contribution in [3.63, 3.8) is 0 Å². The minimum atomic E-state index is 0.755. The third kappa shape index (κ3) is 2.05. The summed E-state index contributed by atoms with van der Waals surface area (Å²) >= 11 is 0. The van der Waals surface area contributed by atoms with Crippen LogP contribution in [-0.4, -0.2) is 28.8 Å². The molecule has 21 heavy (non-hydrogen) atoms. The highest BCUT2D eigenvalue weighted by atomic mass is 15.4. The third-order valence-corrected chi connectivity index (χ3v) is 3.71. The van der Waals surface area contributed by atoms with Gasteiger partial charge >= 0.3 is 0 Å². The molecule has 4 heterocycles. The first kappa shape index (κ1) is 12.0. The van der Waals surface area contributed by atoms with Gasteiger partial charge in [0.25, 0.3) is 0 Å². The minimum Gasteiger partial charge on any atom is -0.291 e. The van der Waals surface area contributed by atoms with Gasteiger partial charge in [0.1, 0.15) is 0 Å². The maximum absolute atomic E-state index is 4.29. The fraction of sp³-hybridized carbons (Fsp3) is 0.200. The molecule has 0 unspecified atom stereocenters. The molecule has 4 aromatic rings. The van der Waals surface area contributed by atoms with E-state index in [4.69, 9.17) is 0 Å². The molecule has 0 radical (unpaired) electrons. The number of hydrogen-bond acceptors (Lipinski definition) is 2. The van der Waals surface area contributed by atoms with Crippen molar-refractivity contribution in [2.75, 3.05) is 0 Å². The maximum Gasteiger partial charge on any atom is 0.0831 e. The zero-order valence-electron chi connectivity index (χ0n) is 11.8. The summed E-state index contributed by atoms with van der Waals surface area (Å²) < 4.78 is 8.20. The molecule has 4 aromatic heterocycles. The molecule has 0 spiro atoms. The first-order chi connectivity index (χ1) is 10.3. The molecular weight excluding hydrogens is 264 g/mol. The van der Waals surface area contributed by atoms with Gasteiger partial charge in [-0.2, -0.15) is 10.2 Å². The van der Waals surface area contributed by atoms with E-state index in [0.717, 1.165) is 13.1 Å². The second-order valence-electron chi connectivity index (χ2n) is 5.15. The Kier molecular flexibility index (Phi) is 2.67. The van der Waals surface area contributed by atoms with E-state index in [1.165, 1.54) is 16.8 Å². The second-order valence-corrected chi connectivity index (χ2v) is 5.15. The summed E-state index contributed by atoms with van der Waals surface area (Å²) in [7, 11) is 2.05. The molecule has 4 rings (SSSR count). The van der Waals surface area contributed by atoms with Crippen molar-refractivity contribution in [1.82, 2.24) is 28.8 Å². The number of aryl methyl sites for hydroxylation is 1. The van der Waals surface area contributed by atoms with Crippen LogP contribution in [0.25, 0.3) is 5.52 Å². The molecule has 0 atom stereocenters. The Morgan fingerprint density at radius 3 is 2.33 bits per heavy atom. The Labute approximate surface area is 121 Å². The minimum absolute atomic E-state index is 0.755. The molecule has 0 aliphatic rings. The SMILES string of the molecule is Cn1ccc2c(Cn3cccn3)cc(Cn3cccn3)n21. The van der Waals surface area contributed by atoms with Crippen LogP contribution in [0.3, 0.4) is 0 Å². The molecule has 6 nitrogen and oxygen atoms in total. The van der Waals surface area contributed by atoms with Crippen molar-refractivity contribution < 1.29 is 0 Å². The van der Waals surface area contributed by atoms with E-state index < -0.39 is 0 Å². The second kappa shape index (κ2) is 4.66. The Morgan fingerprint density at radius 2 is 1.67 bits per heavy atom. The molecular formula is C15H16N6. The van der Waals surface area contributed by atoms with E-state index in [2.05, 4.69) is 44.8 Å². The first-order valence-corrected chi connectivity index (χ1v) is 6.91. The van der Waals surface area contributed by atoms with Crippen LogP contribution in [0.1, 0.15) is 11.3 Å². The summed E-state index contributed by atoms with van der Waals surface area (Å²) in [6.07, 6.45) is 9.66. The van der Waals surface area contributed by atoms with Crippen LogP contribution in [0, 0.1) is 0 Å². The predicted octanol–water partition coefficient (Wildman–Crippen LogP) is 1.77. The summed E-state index contributed by atoms with van der Waals surface area (Å²) in [6.45, 7) is 1.53. The summed E-state index contributed by atoms with van der Waals surface area (Å²) in [5.41, 5.74) is 3.69. The molecule has 0 fully saturated rings. The average Bonchev–Trinajstić information content (AvgIpc) is 3.21. The van der Waals surface area contributed by atoms with Crippen LogP contribution < -0.4 is 0 Å². The number of nitrogens with zero attached hydrogens (tertiary/aromatic N) is 6. The Bertz CT molecular complexity index is 848.